The number of carbonyl (C=O) groups is 1. The average Bonchev–Trinajstić information content (AvgIpc) is 2.82. The maximum Gasteiger partial charge on any atom is 0.275 e. The number of amides is 1. The van der Waals surface area contributed by atoms with Gasteiger partial charge in [-0.1, -0.05) is 12.8 Å². The van der Waals surface area contributed by atoms with Gasteiger partial charge in [-0.15, -0.1) is 0 Å². The maximum absolute atomic E-state index is 11.7. The molecule has 1 aliphatic carbocycles. The van der Waals surface area contributed by atoms with Crippen LogP contribution in [0.3, 0.4) is 0 Å². The fourth-order valence-corrected chi connectivity index (χ4v) is 1.89. The minimum atomic E-state index is -0.366. The number of nitrogens with zero attached hydrogens (tertiary/aromatic N) is 1. The lowest BCUT2D eigenvalue weighted by atomic mass is 10.2. The highest BCUT2D eigenvalue weighted by atomic mass is 16.7. The summed E-state index contributed by atoms with van der Waals surface area (Å²) in [6.07, 6.45) is 5.93. The molecule has 0 saturated heterocycles. The van der Waals surface area contributed by atoms with E-state index in [2.05, 4.69) is 5.48 Å². The highest BCUT2D eigenvalue weighted by Crippen LogP contribution is 2.19. The van der Waals surface area contributed by atoms with E-state index in [0.29, 0.717) is 5.56 Å². The second-order valence-electron chi connectivity index (χ2n) is 4.32. The molecule has 1 saturated carbocycles. The van der Waals surface area contributed by atoms with Crippen molar-refractivity contribution in [1.82, 2.24) is 10.0 Å². The van der Waals surface area contributed by atoms with Gasteiger partial charge in [-0.2, -0.15) is 0 Å². The number of carbonyl (C=O) groups excluding carboxylic acids is 1. The molecule has 1 aromatic rings. The van der Waals surface area contributed by atoms with Gasteiger partial charge < -0.3 is 4.57 Å². The van der Waals surface area contributed by atoms with E-state index in [9.17, 15) is 9.59 Å². The van der Waals surface area contributed by atoms with Crippen molar-refractivity contribution in [2.75, 3.05) is 0 Å². The second-order valence-corrected chi connectivity index (χ2v) is 4.32. The van der Waals surface area contributed by atoms with Crippen LogP contribution in [-0.4, -0.2) is 16.6 Å². The molecule has 1 fully saturated rings. The average molecular weight is 236 g/mol. The molecule has 0 bridgehead atoms. The van der Waals surface area contributed by atoms with E-state index in [0.717, 1.165) is 25.7 Å². The Morgan fingerprint density at radius 1 is 1.47 bits per heavy atom. The van der Waals surface area contributed by atoms with Crippen LogP contribution < -0.4 is 11.0 Å². The van der Waals surface area contributed by atoms with Crippen LogP contribution in [0.1, 0.15) is 36.0 Å². The smallest absolute Gasteiger partial charge is 0.275 e. The number of hydrogen-bond acceptors (Lipinski definition) is 3. The van der Waals surface area contributed by atoms with Gasteiger partial charge in [0.25, 0.3) is 11.5 Å². The maximum atomic E-state index is 11.7. The number of rotatable bonds is 3. The Balaban J connectivity index is 1.94. The summed E-state index contributed by atoms with van der Waals surface area (Å²) in [6.45, 7) is 0. The molecule has 1 heterocycles. The SMILES string of the molecule is Cn1ccc(C(=O)NOC2CCCC2)cc1=O. The van der Waals surface area contributed by atoms with Gasteiger partial charge in [0.1, 0.15) is 0 Å². The molecule has 0 unspecified atom stereocenters. The van der Waals surface area contributed by atoms with Crippen LogP contribution in [0.25, 0.3) is 0 Å². The van der Waals surface area contributed by atoms with E-state index < -0.39 is 0 Å². The van der Waals surface area contributed by atoms with E-state index in [-0.39, 0.29) is 17.6 Å². The molecule has 5 heteroatoms. The Bertz CT molecular complexity index is 461. The molecule has 2 rings (SSSR count). The Morgan fingerprint density at radius 3 is 2.82 bits per heavy atom. The fraction of sp³-hybridized carbons (Fsp3) is 0.500. The zero-order valence-corrected chi connectivity index (χ0v) is 9.81. The van der Waals surface area contributed by atoms with Gasteiger partial charge in [0, 0.05) is 24.9 Å². The third-order valence-corrected chi connectivity index (χ3v) is 2.99. The van der Waals surface area contributed by atoms with Gasteiger partial charge in [-0.25, -0.2) is 5.48 Å². The highest BCUT2D eigenvalue weighted by Gasteiger charge is 2.17. The lowest BCUT2D eigenvalue weighted by Gasteiger charge is -2.11. The van der Waals surface area contributed by atoms with Crippen molar-refractivity contribution in [2.45, 2.75) is 31.8 Å². The molecule has 1 aliphatic rings. The summed E-state index contributed by atoms with van der Waals surface area (Å²) in [7, 11) is 1.64. The van der Waals surface area contributed by atoms with Crippen LogP contribution in [-0.2, 0) is 11.9 Å². The van der Waals surface area contributed by atoms with Crippen molar-refractivity contribution in [3.8, 4) is 0 Å². The summed E-state index contributed by atoms with van der Waals surface area (Å²) in [5.74, 6) is -0.366. The zero-order valence-electron chi connectivity index (χ0n) is 9.81. The molecule has 17 heavy (non-hydrogen) atoms. The molecular weight excluding hydrogens is 220 g/mol. The predicted molar refractivity (Wildman–Crippen MR) is 62.5 cm³/mol. The van der Waals surface area contributed by atoms with Crippen molar-refractivity contribution >= 4 is 5.91 Å². The van der Waals surface area contributed by atoms with Crippen LogP contribution >= 0.6 is 0 Å². The van der Waals surface area contributed by atoms with Crippen molar-refractivity contribution in [2.24, 2.45) is 7.05 Å². The van der Waals surface area contributed by atoms with Crippen LogP contribution in [0.2, 0.25) is 0 Å². The first-order chi connectivity index (χ1) is 8.16. The largest absolute Gasteiger partial charge is 0.319 e. The first-order valence-electron chi connectivity index (χ1n) is 5.79. The van der Waals surface area contributed by atoms with Crippen molar-refractivity contribution in [1.29, 1.82) is 0 Å². The molecule has 0 radical (unpaired) electrons. The van der Waals surface area contributed by atoms with E-state index in [1.54, 1.807) is 19.3 Å². The van der Waals surface area contributed by atoms with Crippen LogP contribution in [0.5, 0.6) is 0 Å². The minimum absolute atomic E-state index is 0.116. The summed E-state index contributed by atoms with van der Waals surface area (Å²) >= 11 is 0. The number of aromatic nitrogens is 1. The standard InChI is InChI=1S/C12H16N2O3/c1-14-7-6-9(8-11(14)15)12(16)13-17-10-4-2-3-5-10/h6-8,10H,2-5H2,1H3,(H,13,16). The van der Waals surface area contributed by atoms with Gasteiger partial charge in [0.15, 0.2) is 0 Å². The molecular formula is C12H16N2O3. The van der Waals surface area contributed by atoms with E-state index in [1.807, 2.05) is 0 Å². The van der Waals surface area contributed by atoms with Crippen LogP contribution in [0.4, 0.5) is 0 Å². The summed E-state index contributed by atoms with van der Waals surface area (Å²) in [5, 5.41) is 0. The third kappa shape index (κ3) is 2.94. The van der Waals surface area contributed by atoms with Gasteiger partial charge in [0.2, 0.25) is 0 Å². The van der Waals surface area contributed by atoms with Gasteiger partial charge in [-0.3, -0.25) is 14.4 Å². The van der Waals surface area contributed by atoms with Crippen molar-refractivity contribution in [3.63, 3.8) is 0 Å². The molecule has 0 aromatic carbocycles. The Labute approximate surface area is 99.4 Å². The third-order valence-electron chi connectivity index (χ3n) is 2.99. The van der Waals surface area contributed by atoms with E-state index in [4.69, 9.17) is 4.84 Å². The molecule has 0 atom stereocenters. The Morgan fingerprint density at radius 2 is 2.18 bits per heavy atom. The lowest BCUT2D eigenvalue weighted by molar-refractivity contribution is -0.0125. The van der Waals surface area contributed by atoms with Gasteiger partial charge in [0.05, 0.1) is 6.10 Å². The number of hydrogen-bond donors (Lipinski definition) is 1. The predicted octanol–water partition coefficient (Wildman–Crippen LogP) is 0.989. The molecule has 1 aromatic heterocycles. The van der Waals surface area contributed by atoms with Crippen molar-refractivity contribution < 1.29 is 9.63 Å². The summed E-state index contributed by atoms with van der Waals surface area (Å²) in [6, 6.07) is 2.89. The normalized spacial score (nSPS) is 16.1. The van der Waals surface area contributed by atoms with E-state index >= 15 is 0 Å². The zero-order chi connectivity index (χ0) is 12.3. The number of hydroxylamine groups is 1. The highest BCUT2D eigenvalue weighted by molar-refractivity contribution is 5.93. The molecule has 92 valence electrons. The topological polar surface area (TPSA) is 60.3 Å². The number of nitrogens with one attached hydrogen (secondary N) is 1. The first-order valence-corrected chi connectivity index (χ1v) is 5.79. The Kier molecular flexibility index (Phi) is 3.58. The summed E-state index contributed by atoms with van der Waals surface area (Å²) < 4.78 is 1.41. The molecule has 1 N–H and O–H groups in total. The van der Waals surface area contributed by atoms with Crippen molar-refractivity contribution in [3.05, 3.63) is 34.2 Å². The number of pyridine rings is 1. The molecule has 0 aliphatic heterocycles. The minimum Gasteiger partial charge on any atom is -0.319 e. The van der Waals surface area contributed by atoms with Gasteiger partial charge >= 0.3 is 0 Å². The fourth-order valence-electron chi connectivity index (χ4n) is 1.89. The molecule has 5 nitrogen and oxygen atoms in total. The lowest BCUT2D eigenvalue weighted by Crippen LogP contribution is -2.29. The molecule has 1 amide bonds. The second kappa shape index (κ2) is 5.14. The quantitative estimate of drug-likeness (QED) is 0.796. The molecule has 0 spiro atoms. The van der Waals surface area contributed by atoms with E-state index in [1.165, 1.54) is 10.6 Å². The monoisotopic (exact) mass is 236 g/mol. The number of aryl methyl sites for hydroxylation is 1. The van der Waals surface area contributed by atoms with Gasteiger partial charge in [-0.05, 0) is 18.9 Å². The summed E-state index contributed by atoms with van der Waals surface area (Å²) in [5.41, 5.74) is 2.52. The summed E-state index contributed by atoms with van der Waals surface area (Å²) in [4.78, 5) is 28.3. The van der Waals surface area contributed by atoms with Crippen LogP contribution in [0.15, 0.2) is 23.1 Å². The first kappa shape index (κ1) is 11.9. The van der Waals surface area contributed by atoms with Crippen LogP contribution in [0, 0.1) is 0 Å². The Hall–Kier alpha value is -1.62.